The van der Waals surface area contributed by atoms with Crippen molar-refractivity contribution in [3.63, 3.8) is 0 Å². The molecule has 0 saturated carbocycles. The SMILES string of the molecule is CCOC(=O)c1snc(-c2ccc(F)cc2)c1N(C)C. The Morgan fingerprint density at radius 1 is 1.35 bits per heavy atom. The van der Waals surface area contributed by atoms with Crippen LogP contribution in [-0.4, -0.2) is 31.0 Å². The number of halogens is 1. The van der Waals surface area contributed by atoms with E-state index in [1.807, 2.05) is 19.0 Å². The molecule has 2 rings (SSSR count). The lowest BCUT2D eigenvalue weighted by atomic mass is 10.1. The summed E-state index contributed by atoms with van der Waals surface area (Å²) in [6.07, 6.45) is 0. The highest BCUT2D eigenvalue weighted by molar-refractivity contribution is 7.09. The summed E-state index contributed by atoms with van der Waals surface area (Å²) in [6.45, 7) is 2.07. The van der Waals surface area contributed by atoms with Crippen molar-refractivity contribution in [2.24, 2.45) is 0 Å². The fraction of sp³-hybridized carbons (Fsp3) is 0.286. The van der Waals surface area contributed by atoms with Gasteiger partial charge in [-0.15, -0.1) is 0 Å². The molecule has 0 spiro atoms. The van der Waals surface area contributed by atoms with Gasteiger partial charge < -0.3 is 9.64 Å². The Morgan fingerprint density at radius 3 is 2.55 bits per heavy atom. The quantitative estimate of drug-likeness (QED) is 0.812. The first kappa shape index (κ1) is 14.5. The van der Waals surface area contributed by atoms with Crippen LogP contribution in [0.2, 0.25) is 0 Å². The lowest BCUT2D eigenvalue weighted by molar-refractivity contribution is 0.0533. The van der Waals surface area contributed by atoms with Crippen molar-refractivity contribution >= 4 is 23.2 Å². The molecule has 6 heteroatoms. The molecule has 106 valence electrons. The zero-order valence-corrected chi connectivity index (χ0v) is 12.3. The van der Waals surface area contributed by atoms with E-state index in [1.54, 1.807) is 19.1 Å². The maximum Gasteiger partial charge on any atom is 0.352 e. The van der Waals surface area contributed by atoms with Crippen LogP contribution in [0, 0.1) is 5.82 Å². The number of carbonyl (C=O) groups is 1. The number of rotatable bonds is 4. The Labute approximate surface area is 121 Å². The Hall–Kier alpha value is -1.95. The highest BCUT2D eigenvalue weighted by Gasteiger charge is 2.23. The van der Waals surface area contributed by atoms with Gasteiger partial charge in [-0.2, -0.15) is 4.37 Å². The second-order valence-corrected chi connectivity index (χ2v) is 5.10. The van der Waals surface area contributed by atoms with Crippen molar-refractivity contribution < 1.29 is 13.9 Å². The van der Waals surface area contributed by atoms with E-state index in [2.05, 4.69) is 4.37 Å². The minimum atomic E-state index is -0.387. The fourth-order valence-electron chi connectivity index (χ4n) is 1.83. The van der Waals surface area contributed by atoms with E-state index in [1.165, 1.54) is 12.1 Å². The molecule has 0 radical (unpaired) electrons. The van der Waals surface area contributed by atoms with Gasteiger partial charge in [0.1, 0.15) is 11.5 Å². The lowest BCUT2D eigenvalue weighted by Gasteiger charge is -2.14. The number of carbonyl (C=O) groups excluding carboxylic acids is 1. The van der Waals surface area contributed by atoms with Crippen molar-refractivity contribution in [1.29, 1.82) is 0 Å². The van der Waals surface area contributed by atoms with Gasteiger partial charge in [0.05, 0.1) is 12.3 Å². The fourth-order valence-corrected chi connectivity index (χ4v) is 2.70. The third kappa shape index (κ3) is 2.80. The monoisotopic (exact) mass is 294 g/mol. The minimum absolute atomic E-state index is 0.305. The second-order valence-electron chi connectivity index (χ2n) is 4.33. The molecule has 0 saturated heterocycles. The maximum atomic E-state index is 13.0. The van der Waals surface area contributed by atoms with Crippen LogP contribution in [0.3, 0.4) is 0 Å². The molecule has 4 nitrogen and oxygen atoms in total. The topological polar surface area (TPSA) is 42.4 Å². The first-order chi connectivity index (χ1) is 9.54. The number of aromatic nitrogens is 1. The molecule has 20 heavy (non-hydrogen) atoms. The summed E-state index contributed by atoms with van der Waals surface area (Å²) in [6, 6.07) is 6.04. The summed E-state index contributed by atoms with van der Waals surface area (Å²) in [5.74, 6) is -0.692. The van der Waals surface area contributed by atoms with Crippen molar-refractivity contribution in [1.82, 2.24) is 4.37 Å². The Bertz CT molecular complexity index is 608. The molecular formula is C14H15FN2O2S. The molecule has 0 aliphatic heterocycles. The van der Waals surface area contributed by atoms with E-state index < -0.39 is 0 Å². The molecule has 0 amide bonds. The van der Waals surface area contributed by atoms with Gasteiger partial charge in [-0.3, -0.25) is 0 Å². The van der Waals surface area contributed by atoms with Crippen LogP contribution in [-0.2, 0) is 4.74 Å². The highest BCUT2D eigenvalue weighted by Crippen LogP contribution is 2.35. The molecule has 0 aliphatic carbocycles. The number of esters is 1. The standard InChI is InChI=1S/C14H15FN2O2S/c1-4-19-14(18)13-12(17(2)3)11(16-20-13)9-5-7-10(15)8-6-9/h5-8H,4H2,1-3H3. The summed E-state index contributed by atoms with van der Waals surface area (Å²) < 4.78 is 22.3. The van der Waals surface area contributed by atoms with Gasteiger partial charge in [-0.05, 0) is 42.7 Å². The van der Waals surface area contributed by atoms with Gasteiger partial charge in [-0.25, -0.2) is 9.18 Å². The van der Waals surface area contributed by atoms with Gasteiger partial charge in [0, 0.05) is 19.7 Å². The Balaban J connectivity index is 2.49. The molecule has 1 aromatic carbocycles. The van der Waals surface area contributed by atoms with Crippen molar-refractivity contribution in [2.75, 3.05) is 25.6 Å². The van der Waals surface area contributed by atoms with Gasteiger partial charge in [0.2, 0.25) is 0 Å². The third-order valence-electron chi connectivity index (χ3n) is 2.69. The molecule has 2 aromatic rings. The second kappa shape index (κ2) is 6.00. The van der Waals surface area contributed by atoms with Crippen LogP contribution in [0.5, 0.6) is 0 Å². The van der Waals surface area contributed by atoms with E-state index in [0.717, 1.165) is 17.1 Å². The van der Waals surface area contributed by atoms with E-state index in [9.17, 15) is 9.18 Å². The summed E-state index contributed by atoms with van der Waals surface area (Å²) in [4.78, 5) is 14.2. The van der Waals surface area contributed by atoms with Gasteiger partial charge in [-0.1, -0.05) is 0 Å². The molecule has 0 N–H and O–H groups in total. The van der Waals surface area contributed by atoms with Crippen molar-refractivity contribution in [3.05, 3.63) is 35.0 Å². The molecule has 0 bridgehead atoms. The normalized spacial score (nSPS) is 10.4. The zero-order chi connectivity index (χ0) is 14.7. The minimum Gasteiger partial charge on any atom is -0.462 e. The number of nitrogens with zero attached hydrogens (tertiary/aromatic N) is 2. The lowest BCUT2D eigenvalue weighted by Crippen LogP contribution is -2.14. The van der Waals surface area contributed by atoms with Crippen LogP contribution < -0.4 is 4.90 Å². The number of ether oxygens (including phenoxy) is 1. The molecule has 0 fully saturated rings. The average molecular weight is 294 g/mol. The molecule has 1 aromatic heterocycles. The highest BCUT2D eigenvalue weighted by atomic mass is 32.1. The van der Waals surface area contributed by atoms with E-state index >= 15 is 0 Å². The maximum absolute atomic E-state index is 13.0. The molecule has 0 atom stereocenters. The number of hydrogen-bond donors (Lipinski definition) is 0. The van der Waals surface area contributed by atoms with E-state index in [0.29, 0.717) is 22.9 Å². The largest absolute Gasteiger partial charge is 0.462 e. The number of anilines is 1. The number of hydrogen-bond acceptors (Lipinski definition) is 5. The molecular weight excluding hydrogens is 279 g/mol. The van der Waals surface area contributed by atoms with Crippen LogP contribution in [0.4, 0.5) is 10.1 Å². The Morgan fingerprint density at radius 2 is 2.00 bits per heavy atom. The van der Waals surface area contributed by atoms with Crippen molar-refractivity contribution in [2.45, 2.75) is 6.92 Å². The smallest absolute Gasteiger partial charge is 0.352 e. The summed E-state index contributed by atoms with van der Waals surface area (Å²) >= 11 is 1.09. The Kier molecular flexibility index (Phi) is 4.34. The van der Waals surface area contributed by atoms with Gasteiger partial charge in [0.25, 0.3) is 0 Å². The van der Waals surface area contributed by atoms with Crippen LogP contribution in [0.25, 0.3) is 11.3 Å². The summed E-state index contributed by atoms with van der Waals surface area (Å²) in [7, 11) is 3.67. The van der Waals surface area contributed by atoms with Crippen LogP contribution in [0.15, 0.2) is 24.3 Å². The van der Waals surface area contributed by atoms with E-state index in [4.69, 9.17) is 4.74 Å². The summed E-state index contributed by atoms with van der Waals surface area (Å²) in [5.41, 5.74) is 2.12. The van der Waals surface area contributed by atoms with Crippen LogP contribution >= 0.6 is 11.5 Å². The summed E-state index contributed by atoms with van der Waals surface area (Å²) in [5, 5.41) is 0. The first-order valence-corrected chi connectivity index (χ1v) is 6.92. The molecule has 0 aliphatic rings. The number of benzene rings is 1. The zero-order valence-electron chi connectivity index (χ0n) is 11.5. The van der Waals surface area contributed by atoms with E-state index in [-0.39, 0.29) is 11.8 Å². The van der Waals surface area contributed by atoms with Gasteiger partial charge >= 0.3 is 5.97 Å². The predicted octanol–water partition coefficient (Wildman–Crippen LogP) is 3.19. The molecule has 0 unspecified atom stereocenters. The average Bonchev–Trinajstić information content (AvgIpc) is 2.84. The molecule has 1 heterocycles. The first-order valence-electron chi connectivity index (χ1n) is 6.14. The van der Waals surface area contributed by atoms with Crippen molar-refractivity contribution in [3.8, 4) is 11.3 Å². The van der Waals surface area contributed by atoms with Gasteiger partial charge in [0.15, 0.2) is 4.88 Å². The van der Waals surface area contributed by atoms with Crippen LogP contribution in [0.1, 0.15) is 16.6 Å². The third-order valence-corrected chi connectivity index (χ3v) is 3.51. The predicted molar refractivity (Wildman–Crippen MR) is 77.8 cm³/mol.